The quantitative estimate of drug-likeness (QED) is 0.912. The van der Waals surface area contributed by atoms with E-state index in [4.69, 9.17) is 0 Å². The van der Waals surface area contributed by atoms with E-state index in [0.29, 0.717) is 16.2 Å². The Hall–Kier alpha value is -1.76. The highest BCUT2D eigenvalue weighted by molar-refractivity contribution is 9.10. The molecule has 2 aromatic rings. The normalized spacial score (nSPS) is 10.2. The van der Waals surface area contributed by atoms with Crippen LogP contribution in [0.1, 0.15) is 0 Å². The second-order valence-electron chi connectivity index (χ2n) is 3.39. The van der Waals surface area contributed by atoms with Crippen molar-refractivity contribution in [1.29, 1.82) is 0 Å². The van der Waals surface area contributed by atoms with E-state index in [1.54, 1.807) is 7.05 Å². The van der Waals surface area contributed by atoms with E-state index >= 15 is 0 Å². The maximum absolute atomic E-state index is 13.5. The molecule has 7 heteroatoms. The molecule has 0 atom stereocenters. The minimum absolute atomic E-state index is 0.0106. The number of anilines is 3. The molecular formula is C11H9BrF2N4. The zero-order chi connectivity index (χ0) is 13.1. The molecule has 0 bridgehead atoms. The number of benzene rings is 1. The number of nitrogens with one attached hydrogen (secondary N) is 2. The molecule has 94 valence electrons. The van der Waals surface area contributed by atoms with Crippen LogP contribution in [-0.4, -0.2) is 17.0 Å². The molecule has 4 nitrogen and oxygen atoms in total. The van der Waals surface area contributed by atoms with Crippen LogP contribution in [0.2, 0.25) is 0 Å². The summed E-state index contributed by atoms with van der Waals surface area (Å²) in [6.45, 7) is 0. The van der Waals surface area contributed by atoms with E-state index in [-0.39, 0.29) is 5.69 Å². The molecule has 0 radical (unpaired) electrons. The number of hydrogen-bond donors (Lipinski definition) is 2. The van der Waals surface area contributed by atoms with Crippen molar-refractivity contribution in [3.05, 3.63) is 40.5 Å². The SMILES string of the molecule is CNc1ncc(Br)c(Nc2cc(F)ccc2F)n1. The molecule has 0 fully saturated rings. The molecule has 0 aliphatic rings. The fraction of sp³-hybridized carbons (Fsp3) is 0.0909. The van der Waals surface area contributed by atoms with Gasteiger partial charge >= 0.3 is 0 Å². The van der Waals surface area contributed by atoms with E-state index in [9.17, 15) is 8.78 Å². The number of rotatable bonds is 3. The van der Waals surface area contributed by atoms with Gasteiger partial charge in [0.05, 0.1) is 10.2 Å². The molecule has 0 amide bonds. The molecule has 1 aromatic heterocycles. The lowest BCUT2D eigenvalue weighted by Gasteiger charge is -2.09. The average molecular weight is 315 g/mol. The summed E-state index contributed by atoms with van der Waals surface area (Å²) in [7, 11) is 1.66. The fourth-order valence-corrected chi connectivity index (χ4v) is 1.59. The lowest BCUT2D eigenvalue weighted by molar-refractivity contribution is 0.603. The predicted molar refractivity (Wildman–Crippen MR) is 68.9 cm³/mol. The van der Waals surface area contributed by atoms with Crippen LogP contribution in [0.15, 0.2) is 28.9 Å². The number of halogens is 3. The Balaban J connectivity index is 2.36. The highest BCUT2D eigenvalue weighted by Crippen LogP contribution is 2.26. The molecule has 2 rings (SSSR count). The molecule has 0 unspecified atom stereocenters. The first-order chi connectivity index (χ1) is 8.60. The van der Waals surface area contributed by atoms with Gasteiger partial charge in [-0.05, 0) is 28.1 Å². The van der Waals surface area contributed by atoms with Gasteiger partial charge in [0.15, 0.2) is 0 Å². The molecule has 0 saturated carbocycles. The van der Waals surface area contributed by atoms with Gasteiger partial charge in [-0.25, -0.2) is 13.8 Å². The Kier molecular flexibility index (Phi) is 3.71. The summed E-state index contributed by atoms with van der Waals surface area (Å²) in [5.74, 6) is -0.373. The first-order valence-electron chi connectivity index (χ1n) is 5.02. The highest BCUT2D eigenvalue weighted by atomic mass is 79.9. The zero-order valence-electron chi connectivity index (χ0n) is 9.34. The molecule has 0 spiro atoms. The van der Waals surface area contributed by atoms with Crippen molar-refractivity contribution in [1.82, 2.24) is 9.97 Å². The van der Waals surface area contributed by atoms with Gasteiger partial charge in [-0.1, -0.05) is 0 Å². The molecule has 18 heavy (non-hydrogen) atoms. The summed E-state index contributed by atoms with van der Waals surface area (Å²) in [5, 5.41) is 5.46. The van der Waals surface area contributed by atoms with Crippen LogP contribution < -0.4 is 10.6 Å². The second-order valence-corrected chi connectivity index (χ2v) is 4.24. The van der Waals surface area contributed by atoms with Gasteiger partial charge in [0.1, 0.15) is 17.5 Å². The van der Waals surface area contributed by atoms with Crippen molar-refractivity contribution in [3.63, 3.8) is 0 Å². The maximum Gasteiger partial charge on any atom is 0.224 e. The minimum atomic E-state index is -0.562. The van der Waals surface area contributed by atoms with Gasteiger partial charge in [-0.2, -0.15) is 4.98 Å². The monoisotopic (exact) mass is 314 g/mol. The highest BCUT2D eigenvalue weighted by Gasteiger charge is 2.08. The Morgan fingerprint density at radius 1 is 1.28 bits per heavy atom. The van der Waals surface area contributed by atoms with Gasteiger partial charge in [-0.15, -0.1) is 0 Å². The molecule has 0 aliphatic heterocycles. The van der Waals surface area contributed by atoms with Crippen molar-refractivity contribution >= 4 is 33.4 Å². The Bertz CT molecular complexity index is 577. The molecule has 0 aliphatic carbocycles. The van der Waals surface area contributed by atoms with E-state index in [1.807, 2.05) is 0 Å². The summed E-state index contributed by atoms with van der Waals surface area (Å²) in [5.41, 5.74) is 0.0106. The molecule has 1 heterocycles. The van der Waals surface area contributed by atoms with Gasteiger partial charge in [0, 0.05) is 19.3 Å². The third-order valence-corrected chi connectivity index (χ3v) is 2.73. The largest absolute Gasteiger partial charge is 0.357 e. The summed E-state index contributed by atoms with van der Waals surface area (Å²) < 4.78 is 27.0. The van der Waals surface area contributed by atoms with Crippen LogP contribution in [0.3, 0.4) is 0 Å². The number of aromatic nitrogens is 2. The van der Waals surface area contributed by atoms with Crippen LogP contribution in [-0.2, 0) is 0 Å². The van der Waals surface area contributed by atoms with Gasteiger partial charge < -0.3 is 10.6 Å². The molecular weight excluding hydrogens is 306 g/mol. The summed E-state index contributed by atoms with van der Waals surface area (Å²) >= 11 is 3.23. The third-order valence-electron chi connectivity index (χ3n) is 2.15. The topological polar surface area (TPSA) is 49.8 Å². The molecule has 1 aromatic carbocycles. The van der Waals surface area contributed by atoms with Crippen LogP contribution in [0, 0.1) is 11.6 Å². The summed E-state index contributed by atoms with van der Waals surface area (Å²) in [6, 6.07) is 3.16. The second kappa shape index (κ2) is 5.26. The number of hydrogen-bond acceptors (Lipinski definition) is 4. The van der Waals surface area contributed by atoms with Crippen LogP contribution in [0.5, 0.6) is 0 Å². The third kappa shape index (κ3) is 2.73. The Labute approximate surface area is 111 Å². The molecule has 0 saturated heterocycles. The smallest absolute Gasteiger partial charge is 0.224 e. The van der Waals surface area contributed by atoms with Gasteiger partial charge in [0.2, 0.25) is 5.95 Å². The van der Waals surface area contributed by atoms with Gasteiger partial charge in [-0.3, -0.25) is 0 Å². The Morgan fingerprint density at radius 3 is 2.78 bits per heavy atom. The fourth-order valence-electron chi connectivity index (χ4n) is 1.30. The number of nitrogens with zero attached hydrogens (tertiary/aromatic N) is 2. The van der Waals surface area contributed by atoms with Crippen LogP contribution >= 0.6 is 15.9 Å². The maximum atomic E-state index is 13.5. The zero-order valence-corrected chi connectivity index (χ0v) is 10.9. The predicted octanol–water partition coefficient (Wildman–Crippen LogP) is 3.30. The van der Waals surface area contributed by atoms with E-state index in [0.717, 1.165) is 18.2 Å². The minimum Gasteiger partial charge on any atom is -0.357 e. The van der Waals surface area contributed by atoms with Crippen molar-refractivity contribution in [2.24, 2.45) is 0 Å². The molecule has 2 N–H and O–H groups in total. The van der Waals surface area contributed by atoms with E-state index in [1.165, 1.54) is 6.20 Å². The summed E-state index contributed by atoms with van der Waals surface area (Å²) in [6.07, 6.45) is 1.51. The van der Waals surface area contributed by atoms with Crippen molar-refractivity contribution < 1.29 is 8.78 Å². The lowest BCUT2D eigenvalue weighted by Crippen LogP contribution is -2.02. The van der Waals surface area contributed by atoms with E-state index < -0.39 is 11.6 Å². The first-order valence-corrected chi connectivity index (χ1v) is 5.82. The van der Waals surface area contributed by atoms with Crippen LogP contribution in [0.4, 0.5) is 26.2 Å². The van der Waals surface area contributed by atoms with Gasteiger partial charge in [0.25, 0.3) is 0 Å². The first kappa shape index (κ1) is 12.7. The summed E-state index contributed by atoms with van der Waals surface area (Å²) in [4.78, 5) is 8.05. The van der Waals surface area contributed by atoms with Crippen molar-refractivity contribution in [2.75, 3.05) is 17.7 Å². The Morgan fingerprint density at radius 2 is 2.06 bits per heavy atom. The van der Waals surface area contributed by atoms with Crippen molar-refractivity contribution in [2.45, 2.75) is 0 Å². The van der Waals surface area contributed by atoms with Crippen LogP contribution in [0.25, 0.3) is 0 Å². The van der Waals surface area contributed by atoms with E-state index in [2.05, 4.69) is 36.5 Å². The average Bonchev–Trinajstić information content (AvgIpc) is 2.36. The standard InChI is InChI=1S/C11H9BrF2N4/c1-15-11-16-5-7(12)10(18-11)17-9-4-6(13)2-3-8(9)14/h2-5H,1H3,(H2,15,16,17,18). The lowest BCUT2D eigenvalue weighted by atomic mass is 10.3. The van der Waals surface area contributed by atoms with Crippen molar-refractivity contribution in [3.8, 4) is 0 Å².